The fourth-order valence-electron chi connectivity index (χ4n) is 4.47. The topological polar surface area (TPSA) is 64.6 Å². The lowest BCUT2D eigenvalue weighted by Crippen LogP contribution is -2.31. The van der Waals surface area contributed by atoms with Gasteiger partial charge < -0.3 is 4.74 Å². The molecule has 0 aliphatic heterocycles. The normalized spacial score (nSPS) is 12.3. The molecule has 0 heterocycles. The van der Waals surface area contributed by atoms with Crippen LogP contribution >= 0.6 is 8.18 Å². The van der Waals surface area contributed by atoms with Crippen molar-refractivity contribution in [2.75, 3.05) is 6.61 Å². The molecule has 1 aromatic rings. The van der Waals surface area contributed by atoms with E-state index in [2.05, 4.69) is 12.0 Å². The third-order valence-electron chi connectivity index (χ3n) is 6.83. The first kappa shape index (κ1) is 33.6. The summed E-state index contributed by atoms with van der Waals surface area (Å²) in [7, 11) is -2.17. The average molecular weight is 537 g/mol. The second-order valence-corrected chi connectivity index (χ2v) is 11.4. The van der Waals surface area contributed by atoms with Gasteiger partial charge in [0, 0.05) is 4.57 Å². The molecular formula is C31H55NO4P+. The van der Waals surface area contributed by atoms with Crippen molar-refractivity contribution < 1.29 is 18.6 Å². The maximum atomic E-state index is 12.1. The highest BCUT2D eigenvalue weighted by molar-refractivity contribution is 7.37. The Bertz CT molecular complexity index is 670. The zero-order chi connectivity index (χ0) is 26.8. The van der Waals surface area contributed by atoms with Crippen LogP contribution in [-0.2, 0) is 14.1 Å². The van der Waals surface area contributed by atoms with Crippen LogP contribution in [0.4, 0.5) is 0 Å². The van der Waals surface area contributed by atoms with Gasteiger partial charge in [0.1, 0.15) is 6.04 Å². The van der Waals surface area contributed by atoms with Crippen molar-refractivity contribution in [3.05, 3.63) is 30.3 Å². The number of para-hydroxylation sites is 1. The Balaban J connectivity index is 1.80. The van der Waals surface area contributed by atoms with Crippen LogP contribution < -0.4 is 9.61 Å². The van der Waals surface area contributed by atoms with E-state index in [0.29, 0.717) is 12.4 Å². The minimum absolute atomic E-state index is 0.391. The van der Waals surface area contributed by atoms with E-state index in [-0.39, 0.29) is 0 Å². The Morgan fingerprint density at radius 3 is 1.54 bits per heavy atom. The lowest BCUT2D eigenvalue weighted by Gasteiger charge is -2.08. The first-order valence-electron chi connectivity index (χ1n) is 15.3. The summed E-state index contributed by atoms with van der Waals surface area (Å²) in [6.45, 7) is 4.34. The number of nitrogens with one attached hydrogen (secondary N) is 1. The summed E-state index contributed by atoms with van der Waals surface area (Å²) in [6.07, 6.45) is 26.9. The van der Waals surface area contributed by atoms with Gasteiger partial charge >= 0.3 is 14.1 Å². The SMILES string of the molecule is CCCCCCCCCCCCCCCCCCCCCCOC(=O)[C@H](C)N[P+](=O)Oc1ccccc1. The van der Waals surface area contributed by atoms with Crippen LogP contribution in [0.2, 0.25) is 0 Å². The molecule has 1 rings (SSSR count). The van der Waals surface area contributed by atoms with Gasteiger partial charge in [-0.3, -0.25) is 4.79 Å². The highest BCUT2D eigenvalue weighted by atomic mass is 31.1. The Morgan fingerprint density at radius 2 is 1.11 bits per heavy atom. The number of carbonyl (C=O) groups excluding carboxylic acids is 1. The largest absolute Gasteiger partial charge is 0.664 e. The van der Waals surface area contributed by atoms with Crippen LogP contribution in [0.5, 0.6) is 5.75 Å². The molecule has 0 saturated heterocycles. The second-order valence-electron chi connectivity index (χ2n) is 10.4. The first-order valence-corrected chi connectivity index (χ1v) is 16.4. The van der Waals surface area contributed by atoms with Gasteiger partial charge in [-0.05, 0) is 25.5 Å². The summed E-state index contributed by atoms with van der Waals surface area (Å²) in [5.41, 5.74) is 0. The molecule has 212 valence electrons. The summed E-state index contributed by atoms with van der Waals surface area (Å²) in [6, 6.07) is 8.23. The molecule has 0 saturated carbocycles. The fourth-order valence-corrected chi connectivity index (χ4v) is 5.26. The highest BCUT2D eigenvalue weighted by Gasteiger charge is 2.28. The number of unbranched alkanes of at least 4 members (excludes halogenated alkanes) is 19. The zero-order valence-corrected chi connectivity index (χ0v) is 24.8. The van der Waals surface area contributed by atoms with Crippen LogP contribution in [-0.4, -0.2) is 18.6 Å². The zero-order valence-electron chi connectivity index (χ0n) is 23.9. The van der Waals surface area contributed by atoms with Gasteiger partial charge in [-0.2, -0.15) is 0 Å². The fraction of sp³-hybridized carbons (Fsp3) is 0.774. The maximum Gasteiger partial charge on any atom is 0.664 e. The molecule has 0 radical (unpaired) electrons. The molecule has 1 N–H and O–H groups in total. The maximum absolute atomic E-state index is 12.1. The van der Waals surface area contributed by atoms with E-state index in [1.54, 1.807) is 31.2 Å². The highest BCUT2D eigenvalue weighted by Crippen LogP contribution is 2.23. The van der Waals surface area contributed by atoms with E-state index < -0.39 is 20.2 Å². The molecule has 5 nitrogen and oxygen atoms in total. The van der Waals surface area contributed by atoms with Crippen LogP contribution in [0, 0.1) is 0 Å². The predicted molar refractivity (Wildman–Crippen MR) is 156 cm³/mol. The minimum atomic E-state index is -2.17. The molecule has 0 amide bonds. The molecule has 6 heteroatoms. The minimum Gasteiger partial charge on any atom is -0.464 e. The second kappa shape index (κ2) is 24.9. The molecule has 1 unspecified atom stereocenters. The van der Waals surface area contributed by atoms with Crippen LogP contribution in [0.1, 0.15) is 142 Å². The third-order valence-corrected chi connectivity index (χ3v) is 7.80. The molecule has 0 bridgehead atoms. The molecule has 0 aromatic heterocycles. The molecule has 0 fully saturated rings. The van der Waals surface area contributed by atoms with Crippen molar-refractivity contribution in [2.24, 2.45) is 0 Å². The predicted octanol–water partition coefficient (Wildman–Crippen LogP) is 10.1. The van der Waals surface area contributed by atoms with Gasteiger partial charge in [0.15, 0.2) is 5.75 Å². The number of ether oxygens (including phenoxy) is 1. The average Bonchev–Trinajstić information content (AvgIpc) is 2.89. The molecule has 1 aromatic carbocycles. The smallest absolute Gasteiger partial charge is 0.464 e. The van der Waals surface area contributed by atoms with E-state index in [0.717, 1.165) is 12.8 Å². The molecule has 0 spiro atoms. The van der Waals surface area contributed by atoms with E-state index in [1.807, 2.05) is 6.07 Å². The first-order chi connectivity index (χ1) is 18.1. The van der Waals surface area contributed by atoms with Crippen LogP contribution in [0.15, 0.2) is 30.3 Å². The monoisotopic (exact) mass is 536 g/mol. The lowest BCUT2D eigenvalue weighted by molar-refractivity contribution is -0.145. The summed E-state index contributed by atoms with van der Waals surface area (Å²) in [4.78, 5) is 12.1. The van der Waals surface area contributed by atoms with Crippen molar-refractivity contribution >= 4 is 14.1 Å². The number of hydrogen-bond acceptors (Lipinski definition) is 4. The number of benzene rings is 1. The number of hydrogen-bond donors (Lipinski definition) is 1. The van der Waals surface area contributed by atoms with Crippen LogP contribution in [0.3, 0.4) is 0 Å². The number of esters is 1. The van der Waals surface area contributed by atoms with Crippen molar-refractivity contribution in [1.29, 1.82) is 0 Å². The van der Waals surface area contributed by atoms with Crippen molar-refractivity contribution in [3.8, 4) is 5.75 Å². The van der Waals surface area contributed by atoms with Gasteiger partial charge in [0.05, 0.1) is 6.61 Å². The summed E-state index contributed by atoms with van der Waals surface area (Å²) in [5, 5.41) is 2.65. The van der Waals surface area contributed by atoms with E-state index in [1.165, 1.54) is 116 Å². The number of rotatable bonds is 26. The van der Waals surface area contributed by atoms with Crippen molar-refractivity contribution in [1.82, 2.24) is 5.09 Å². The van der Waals surface area contributed by atoms with Crippen molar-refractivity contribution in [3.63, 3.8) is 0 Å². The molecule has 0 aliphatic rings. The van der Waals surface area contributed by atoms with Gasteiger partial charge in [0.2, 0.25) is 0 Å². The Morgan fingerprint density at radius 1 is 0.703 bits per heavy atom. The summed E-state index contributed by atoms with van der Waals surface area (Å²) in [5.74, 6) is 0.110. The summed E-state index contributed by atoms with van der Waals surface area (Å²) >= 11 is 0. The van der Waals surface area contributed by atoms with Gasteiger partial charge in [0.25, 0.3) is 0 Å². The van der Waals surface area contributed by atoms with Gasteiger partial charge in [-0.1, -0.05) is 152 Å². The van der Waals surface area contributed by atoms with E-state index in [4.69, 9.17) is 9.26 Å². The van der Waals surface area contributed by atoms with Gasteiger partial charge in [-0.15, -0.1) is 0 Å². The van der Waals surface area contributed by atoms with E-state index in [9.17, 15) is 9.36 Å². The summed E-state index contributed by atoms with van der Waals surface area (Å²) < 4.78 is 22.6. The Labute approximate surface area is 228 Å². The third kappa shape index (κ3) is 21.2. The number of carbonyl (C=O) groups is 1. The van der Waals surface area contributed by atoms with Gasteiger partial charge in [-0.25, -0.2) is 4.52 Å². The Kier molecular flexibility index (Phi) is 22.6. The lowest BCUT2D eigenvalue weighted by atomic mass is 10.0. The van der Waals surface area contributed by atoms with Crippen molar-refractivity contribution in [2.45, 2.75) is 148 Å². The van der Waals surface area contributed by atoms with E-state index >= 15 is 0 Å². The molecule has 0 aliphatic carbocycles. The molecule has 2 atom stereocenters. The molecular weight excluding hydrogens is 481 g/mol. The molecule has 37 heavy (non-hydrogen) atoms. The Hall–Kier alpha value is -1.45. The standard InChI is InChI=1S/C31H55NO4P/c1-3-4-5-6-7-8-9-10-11-12-13-14-15-16-17-18-19-20-21-25-28-35-31(33)29(2)32-37(34)36-30-26-23-22-24-27-30/h22-24,26-27,29H,3-21,25,28H2,1-2H3,(H,32,34)/q+1/t29-/m0/s1. The van der Waals surface area contributed by atoms with Crippen LogP contribution in [0.25, 0.3) is 0 Å². The quantitative estimate of drug-likeness (QED) is 0.0725.